The molecule has 0 unspecified atom stereocenters. The lowest BCUT2D eigenvalue weighted by Crippen LogP contribution is -2.39. The molecule has 1 fully saturated rings. The molecule has 1 aliphatic heterocycles. The molecule has 4 rings (SSSR count). The fourth-order valence-corrected chi connectivity index (χ4v) is 4.40. The summed E-state index contributed by atoms with van der Waals surface area (Å²) in [6, 6.07) is 10.6. The summed E-state index contributed by atoms with van der Waals surface area (Å²) in [4.78, 5) is 19.3. The maximum absolute atomic E-state index is 13.2. The van der Waals surface area contributed by atoms with Crippen LogP contribution in [0.5, 0.6) is 0 Å². The van der Waals surface area contributed by atoms with E-state index in [0.717, 1.165) is 53.0 Å². The second-order valence-electron chi connectivity index (χ2n) is 7.13. The number of carbonyl (C=O) groups is 1. The quantitative estimate of drug-likeness (QED) is 0.617. The van der Waals surface area contributed by atoms with Gasteiger partial charge < -0.3 is 14.0 Å². The van der Waals surface area contributed by atoms with Gasteiger partial charge in [0.2, 0.25) is 0 Å². The molecule has 0 radical (unpaired) electrons. The summed E-state index contributed by atoms with van der Waals surface area (Å²) in [6.45, 7) is 5.64. The first-order valence-corrected chi connectivity index (χ1v) is 10.1. The van der Waals surface area contributed by atoms with Crippen LogP contribution in [0.1, 0.15) is 40.6 Å². The van der Waals surface area contributed by atoms with E-state index in [0.29, 0.717) is 6.04 Å². The zero-order chi connectivity index (χ0) is 19.0. The molecule has 3 heterocycles. The van der Waals surface area contributed by atoms with Gasteiger partial charge in [0, 0.05) is 53.1 Å². The number of hydrogen-bond acceptors (Lipinski definition) is 2. The summed E-state index contributed by atoms with van der Waals surface area (Å²) in [5.41, 5.74) is 3.93. The van der Waals surface area contributed by atoms with Crippen molar-refractivity contribution in [1.29, 1.82) is 0 Å². The van der Waals surface area contributed by atoms with Crippen LogP contribution in [0.25, 0.3) is 5.69 Å². The van der Waals surface area contributed by atoms with Crippen molar-refractivity contribution < 1.29 is 4.79 Å². The molecule has 1 amide bonds. The van der Waals surface area contributed by atoms with Crippen molar-refractivity contribution in [3.8, 4) is 5.69 Å². The SMILES string of the molecule is Cc1cc(C(=O)N2CCC(n3ccnc3)CC2)c(C)n1-c1cccc(Br)c1. The van der Waals surface area contributed by atoms with Crippen molar-refractivity contribution in [3.05, 3.63) is 70.5 Å². The number of benzene rings is 1. The molecule has 1 aromatic carbocycles. The maximum atomic E-state index is 13.2. The lowest BCUT2D eigenvalue weighted by molar-refractivity contribution is 0.0694. The number of aromatic nitrogens is 3. The molecular weight excluding hydrogens is 404 g/mol. The molecule has 5 nitrogen and oxygen atoms in total. The van der Waals surface area contributed by atoms with E-state index in [4.69, 9.17) is 0 Å². The number of imidazole rings is 1. The molecule has 1 saturated heterocycles. The van der Waals surface area contributed by atoms with Crippen LogP contribution in [0.4, 0.5) is 0 Å². The first-order chi connectivity index (χ1) is 13.0. The van der Waals surface area contributed by atoms with Gasteiger partial charge in [-0.15, -0.1) is 0 Å². The normalized spacial score (nSPS) is 15.3. The fraction of sp³-hybridized carbons (Fsp3) is 0.333. The van der Waals surface area contributed by atoms with Crippen LogP contribution >= 0.6 is 15.9 Å². The highest BCUT2D eigenvalue weighted by atomic mass is 79.9. The Morgan fingerprint density at radius 3 is 2.63 bits per heavy atom. The van der Waals surface area contributed by atoms with Crippen LogP contribution in [0.3, 0.4) is 0 Å². The predicted molar refractivity (Wildman–Crippen MR) is 109 cm³/mol. The summed E-state index contributed by atoms with van der Waals surface area (Å²) in [7, 11) is 0. The summed E-state index contributed by atoms with van der Waals surface area (Å²) < 4.78 is 5.33. The number of hydrogen-bond donors (Lipinski definition) is 0. The van der Waals surface area contributed by atoms with Crippen LogP contribution in [-0.2, 0) is 0 Å². The van der Waals surface area contributed by atoms with E-state index in [2.05, 4.69) is 49.1 Å². The van der Waals surface area contributed by atoms with E-state index < -0.39 is 0 Å². The molecule has 1 aliphatic rings. The van der Waals surface area contributed by atoms with Crippen molar-refractivity contribution in [2.45, 2.75) is 32.7 Å². The molecule has 3 aromatic rings. The Kier molecular flexibility index (Phi) is 4.91. The second-order valence-corrected chi connectivity index (χ2v) is 8.05. The minimum atomic E-state index is 0.133. The molecule has 140 valence electrons. The van der Waals surface area contributed by atoms with Crippen LogP contribution in [-0.4, -0.2) is 38.0 Å². The van der Waals surface area contributed by atoms with Crippen LogP contribution < -0.4 is 0 Å². The third-order valence-corrected chi connectivity index (χ3v) is 5.92. The number of rotatable bonds is 3. The Balaban J connectivity index is 1.54. The van der Waals surface area contributed by atoms with Gasteiger partial charge in [0.15, 0.2) is 0 Å². The van der Waals surface area contributed by atoms with Crippen LogP contribution in [0.2, 0.25) is 0 Å². The third-order valence-electron chi connectivity index (χ3n) is 5.43. The third kappa shape index (κ3) is 3.46. The van der Waals surface area contributed by atoms with Gasteiger partial charge in [0.25, 0.3) is 5.91 Å². The summed E-state index contributed by atoms with van der Waals surface area (Å²) in [5.74, 6) is 0.133. The zero-order valence-electron chi connectivity index (χ0n) is 15.6. The highest BCUT2D eigenvalue weighted by molar-refractivity contribution is 9.10. The Hall–Kier alpha value is -2.34. The summed E-state index contributed by atoms with van der Waals surface area (Å²) >= 11 is 3.53. The molecule has 6 heteroatoms. The van der Waals surface area contributed by atoms with Gasteiger partial charge >= 0.3 is 0 Å². The van der Waals surface area contributed by atoms with E-state index in [1.54, 1.807) is 0 Å². The number of halogens is 1. The molecule has 0 spiro atoms. The van der Waals surface area contributed by atoms with Crippen molar-refractivity contribution >= 4 is 21.8 Å². The van der Waals surface area contributed by atoms with E-state index in [1.165, 1.54) is 0 Å². The second kappa shape index (κ2) is 7.35. The minimum Gasteiger partial charge on any atom is -0.338 e. The monoisotopic (exact) mass is 426 g/mol. The molecule has 0 bridgehead atoms. The van der Waals surface area contributed by atoms with E-state index in [9.17, 15) is 4.79 Å². The van der Waals surface area contributed by atoms with Gasteiger partial charge in [-0.2, -0.15) is 0 Å². The van der Waals surface area contributed by atoms with Crippen molar-refractivity contribution in [3.63, 3.8) is 0 Å². The topological polar surface area (TPSA) is 43.1 Å². The average Bonchev–Trinajstić information content (AvgIpc) is 3.30. The highest BCUT2D eigenvalue weighted by Crippen LogP contribution is 2.27. The van der Waals surface area contributed by atoms with Gasteiger partial charge in [-0.05, 0) is 51.0 Å². The predicted octanol–water partition coefficient (Wildman–Crippen LogP) is 4.53. The Morgan fingerprint density at radius 1 is 1.19 bits per heavy atom. The standard InChI is InChI=1S/C21H23BrN4O/c1-15-12-20(16(2)26(15)19-5-3-4-17(22)13-19)21(27)24-9-6-18(7-10-24)25-11-8-23-14-25/h3-5,8,11-14,18H,6-7,9-10H2,1-2H3. The first kappa shape index (κ1) is 18.0. The number of amides is 1. The smallest absolute Gasteiger partial charge is 0.255 e. The Bertz CT molecular complexity index is 953. The largest absolute Gasteiger partial charge is 0.338 e. The molecule has 0 atom stereocenters. The molecule has 0 aliphatic carbocycles. The number of carbonyl (C=O) groups excluding carboxylic acids is 1. The van der Waals surface area contributed by atoms with E-state index in [1.807, 2.05) is 48.7 Å². The van der Waals surface area contributed by atoms with Gasteiger partial charge in [-0.3, -0.25) is 4.79 Å². The van der Waals surface area contributed by atoms with Gasteiger partial charge in [-0.1, -0.05) is 22.0 Å². The van der Waals surface area contributed by atoms with E-state index in [-0.39, 0.29) is 5.91 Å². The Morgan fingerprint density at radius 2 is 1.96 bits per heavy atom. The number of likely N-dealkylation sites (tertiary alicyclic amines) is 1. The summed E-state index contributed by atoms with van der Waals surface area (Å²) in [6.07, 6.45) is 7.62. The van der Waals surface area contributed by atoms with Gasteiger partial charge in [0.05, 0.1) is 11.9 Å². The molecule has 0 saturated carbocycles. The molecular formula is C21H23BrN4O. The van der Waals surface area contributed by atoms with Crippen molar-refractivity contribution in [1.82, 2.24) is 19.0 Å². The number of nitrogens with zero attached hydrogens (tertiary/aromatic N) is 4. The molecule has 27 heavy (non-hydrogen) atoms. The van der Waals surface area contributed by atoms with Gasteiger partial charge in [0.1, 0.15) is 0 Å². The molecule has 0 N–H and O–H groups in total. The van der Waals surface area contributed by atoms with Crippen molar-refractivity contribution in [2.24, 2.45) is 0 Å². The van der Waals surface area contributed by atoms with Crippen LogP contribution in [0.15, 0.2) is 53.5 Å². The highest BCUT2D eigenvalue weighted by Gasteiger charge is 2.27. The van der Waals surface area contributed by atoms with Gasteiger partial charge in [-0.25, -0.2) is 4.98 Å². The number of aryl methyl sites for hydroxylation is 1. The lowest BCUT2D eigenvalue weighted by atomic mass is 10.0. The zero-order valence-corrected chi connectivity index (χ0v) is 17.2. The number of piperidine rings is 1. The Labute approximate surface area is 167 Å². The maximum Gasteiger partial charge on any atom is 0.255 e. The average molecular weight is 427 g/mol. The van der Waals surface area contributed by atoms with Crippen molar-refractivity contribution in [2.75, 3.05) is 13.1 Å². The lowest BCUT2D eigenvalue weighted by Gasteiger charge is -2.32. The first-order valence-electron chi connectivity index (χ1n) is 9.26. The molecule has 2 aromatic heterocycles. The summed E-state index contributed by atoms with van der Waals surface area (Å²) in [5, 5.41) is 0. The van der Waals surface area contributed by atoms with Crippen LogP contribution in [0, 0.1) is 13.8 Å². The minimum absolute atomic E-state index is 0.133. The fourth-order valence-electron chi connectivity index (χ4n) is 4.01. The van der Waals surface area contributed by atoms with E-state index >= 15 is 0 Å².